The third kappa shape index (κ3) is 4.02. The highest BCUT2D eigenvalue weighted by molar-refractivity contribution is 7.92. The van der Waals surface area contributed by atoms with Crippen molar-refractivity contribution in [2.75, 3.05) is 22.7 Å². The molecule has 0 radical (unpaired) electrons. The molecule has 0 unspecified atom stereocenters. The molecule has 0 aliphatic carbocycles. The summed E-state index contributed by atoms with van der Waals surface area (Å²) in [6.07, 6.45) is 4.99. The molecular formula is C18H21ClN2O2S. The van der Waals surface area contributed by atoms with Crippen molar-refractivity contribution in [3.05, 3.63) is 53.6 Å². The summed E-state index contributed by atoms with van der Waals surface area (Å²) in [6, 6.07) is 14.0. The van der Waals surface area contributed by atoms with Gasteiger partial charge in [-0.05, 0) is 49.2 Å². The summed E-state index contributed by atoms with van der Waals surface area (Å²) in [5, 5.41) is 0.214. The maximum Gasteiger partial charge on any atom is 0.263 e. The molecule has 1 heterocycles. The van der Waals surface area contributed by atoms with E-state index in [1.165, 1.54) is 31.7 Å². The van der Waals surface area contributed by atoms with Crippen molar-refractivity contribution in [3.63, 3.8) is 0 Å². The summed E-state index contributed by atoms with van der Waals surface area (Å²) in [4.78, 5) is 2.45. The van der Waals surface area contributed by atoms with E-state index < -0.39 is 10.0 Å². The van der Waals surface area contributed by atoms with Gasteiger partial charge in [-0.15, -0.1) is 0 Å². The molecule has 1 fully saturated rings. The molecule has 1 aliphatic rings. The summed E-state index contributed by atoms with van der Waals surface area (Å²) < 4.78 is 27.5. The Labute approximate surface area is 148 Å². The second-order valence-electron chi connectivity index (χ2n) is 5.98. The minimum absolute atomic E-state index is 0.0864. The summed E-state index contributed by atoms with van der Waals surface area (Å²) in [5.41, 5.74) is 1.67. The second kappa shape index (κ2) is 7.45. The molecule has 1 N–H and O–H groups in total. The number of hydrogen-bond donors (Lipinski definition) is 1. The molecule has 3 rings (SSSR count). The lowest BCUT2D eigenvalue weighted by Gasteiger charge is -2.22. The number of benzene rings is 2. The Balaban J connectivity index is 1.75. The maximum atomic E-state index is 12.4. The number of nitrogens with one attached hydrogen (secondary N) is 1. The molecule has 0 spiro atoms. The van der Waals surface area contributed by atoms with E-state index in [0.29, 0.717) is 5.69 Å². The molecule has 24 heavy (non-hydrogen) atoms. The van der Waals surface area contributed by atoms with Crippen molar-refractivity contribution < 1.29 is 8.42 Å². The van der Waals surface area contributed by atoms with Crippen molar-refractivity contribution in [1.29, 1.82) is 0 Å². The van der Waals surface area contributed by atoms with Crippen molar-refractivity contribution in [2.24, 2.45) is 0 Å². The van der Waals surface area contributed by atoms with Crippen molar-refractivity contribution in [2.45, 2.75) is 30.6 Å². The Morgan fingerprint density at radius 3 is 2.12 bits per heavy atom. The molecule has 1 saturated heterocycles. The van der Waals surface area contributed by atoms with Gasteiger partial charge in [0.1, 0.15) is 4.90 Å². The van der Waals surface area contributed by atoms with Crippen LogP contribution in [0.1, 0.15) is 25.7 Å². The summed E-state index contributed by atoms with van der Waals surface area (Å²) in [5.74, 6) is 0. The van der Waals surface area contributed by atoms with E-state index >= 15 is 0 Å². The normalized spacial score (nSPS) is 15.8. The van der Waals surface area contributed by atoms with Crippen LogP contribution in [-0.2, 0) is 10.0 Å². The van der Waals surface area contributed by atoms with Gasteiger partial charge in [-0.1, -0.05) is 36.6 Å². The van der Waals surface area contributed by atoms with E-state index in [-0.39, 0.29) is 9.92 Å². The van der Waals surface area contributed by atoms with Gasteiger partial charge >= 0.3 is 0 Å². The number of sulfonamides is 1. The van der Waals surface area contributed by atoms with Gasteiger partial charge in [0.25, 0.3) is 10.0 Å². The highest BCUT2D eigenvalue weighted by Crippen LogP contribution is 2.25. The molecule has 0 bridgehead atoms. The van der Waals surface area contributed by atoms with Gasteiger partial charge < -0.3 is 4.90 Å². The second-order valence-corrected chi connectivity index (χ2v) is 8.04. The van der Waals surface area contributed by atoms with E-state index in [9.17, 15) is 8.42 Å². The van der Waals surface area contributed by atoms with E-state index in [2.05, 4.69) is 9.62 Å². The third-order valence-electron chi connectivity index (χ3n) is 4.22. The van der Waals surface area contributed by atoms with Crippen molar-refractivity contribution >= 4 is 33.0 Å². The van der Waals surface area contributed by atoms with Crippen LogP contribution in [0, 0.1) is 0 Å². The SMILES string of the molecule is O=S(=O)(Nc1ccc(N2CCCCCC2)cc1)c1ccccc1Cl. The van der Waals surface area contributed by atoms with Crippen LogP contribution >= 0.6 is 11.6 Å². The van der Waals surface area contributed by atoms with Gasteiger partial charge in [-0.3, -0.25) is 4.72 Å². The van der Waals surface area contributed by atoms with Crippen LogP contribution in [0.25, 0.3) is 0 Å². The van der Waals surface area contributed by atoms with Crippen LogP contribution in [0.4, 0.5) is 11.4 Å². The molecule has 0 saturated carbocycles. The molecular weight excluding hydrogens is 344 g/mol. The molecule has 4 nitrogen and oxygen atoms in total. The van der Waals surface area contributed by atoms with Gasteiger partial charge in [0.05, 0.1) is 5.02 Å². The van der Waals surface area contributed by atoms with Gasteiger partial charge in [-0.2, -0.15) is 0 Å². The van der Waals surface area contributed by atoms with E-state index in [1.807, 2.05) is 12.1 Å². The van der Waals surface area contributed by atoms with Gasteiger partial charge in [-0.25, -0.2) is 8.42 Å². The quantitative estimate of drug-likeness (QED) is 0.867. The Hall–Kier alpha value is -1.72. The number of rotatable bonds is 4. The minimum atomic E-state index is -3.68. The summed E-state index contributed by atoms with van der Waals surface area (Å²) in [6.45, 7) is 2.12. The molecule has 6 heteroatoms. The monoisotopic (exact) mass is 364 g/mol. The Morgan fingerprint density at radius 2 is 1.50 bits per heavy atom. The lowest BCUT2D eigenvalue weighted by Crippen LogP contribution is -2.23. The highest BCUT2D eigenvalue weighted by Gasteiger charge is 2.17. The average Bonchev–Trinajstić information content (AvgIpc) is 2.85. The fourth-order valence-corrected chi connectivity index (χ4v) is 4.52. The van der Waals surface area contributed by atoms with E-state index in [0.717, 1.165) is 18.8 Å². The zero-order valence-electron chi connectivity index (χ0n) is 13.4. The lowest BCUT2D eigenvalue weighted by atomic mass is 10.2. The fourth-order valence-electron chi connectivity index (χ4n) is 2.94. The molecule has 1 aliphatic heterocycles. The average molecular weight is 365 g/mol. The van der Waals surface area contributed by atoms with E-state index in [1.54, 1.807) is 30.3 Å². The predicted octanol–water partition coefficient (Wildman–Crippen LogP) is 4.52. The van der Waals surface area contributed by atoms with E-state index in [4.69, 9.17) is 11.6 Å². The molecule has 0 amide bonds. The van der Waals surface area contributed by atoms with Crippen LogP contribution in [-0.4, -0.2) is 21.5 Å². The Bertz CT molecular complexity index is 783. The first kappa shape index (κ1) is 17.1. The standard InChI is InChI=1S/C18H21ClN2O2S/c19-17-7-3-4-8-18(17)24(22,23)20-15-9-11-16(12-10-15)21-13-5-1-2-6-14-21/h3-4,7-12,20H,1-2,5-6,13-14H2. The van der Waals surface area contributed by atoms with Crippen LogP contribution in [0.3, 0.4) is 0 Å². The topological polar surface area (TPSA) is 49.4 Å². The molecule has 0 atom stereocenters. The fraction of sp³-hybridized carbons (Fsp3) is 0.333. The first-order chi connectivity index (χ1) is 11.6. The summed E-state index contributed by atoms with van der Waals surface area (Å²) in [7, 11) is -3.68. The first-order valence-electron chi connectivity index (χ1n) is 8.19. The first-order valence-corrected chi connectivity index (χ1v) is 10.0. The van der Waals surface area contributed by atoms with Crippen LogP contribution in [0.2, 0.25) is 5.02 Å². The van der Waals surface area contributed by atoms with Gasteiger partial charge in [0.2, 0.25) is 0 Å². The van der Waals surface area contributed by atoms with Crippen molar-refractivity contribution in [3.8, 4) is 0 Å². The van der Waals surface area contributed by atoms with Crippen molar-refractivity contribution in [1.82, 2.24) is 0 Å². The number of nitrogens with zero attached hydrogens (tertiary/aromatic N) is 1. The number of hydrogen-bond acceptors (Lipinski definition) is 3. The molecule has 2 aromatic carbocycles. The van der Waals surface area contributed by atoms with Gasteiger partial charge in [0.15, 0.2) is 0 Å². The lowest BCUT2D eigenvalue weighted by molar-refractivity contribution is 0.601. The Morgan fingerprint density at radius 1 is 0.875 bits per heavy atom. The zero-order valence-corrected chi connectivity index (χ0v) is 15.0. The molecule has 128 valence electrons. The largest absolute Gasteiger partial charge is 0.372 e. The zero-order chi connectivity index (χ0) is 17.0. The van der Waals surface area contributed by atoms with Crippen LogP contribution in [0.15, 0.2) is 53.4 Å². The number of halogens is 1. The smallest absolute Gasteiger partial charge is 0.263 e. The Kier molecular flexibility index (Phi) is 5.31. The predicted molar refractivity (Wildman–Crippen MR) is 99.4 cm³/mol. The summed E-state index contributed by atoms with van der Waals surface area (Å²) >= 11 is 5.99. The third-order valence-corrected chi connectivity index (χ3v) is 6.10. The van der Waals surface area contributed by atoms with Crippen LogP contribution < -0.4 is 9.62 Å². The minimum Gasteiger partial charge on any atom is -0.372 e. The van der Waals surface area contributed by atoms with Crippen LogP contribution in [0.5, 0.6) is 0 Å². The van der Waals surface area contributed by atoms with Gasteiger partial charge in [0, 0.05) is 24.5 Å². The number of anilines is 2. The maximum absolute atomic E-state index is 12.4. The molecule has 0 aromatic heterocycles. The highest BCUT2D eigenvalue weighted by atomic mass is 35.5. The molecule has 2 aromatic rings.